The topological polar surface area (TPSA) is 93.4 Å². The summed E-state index contributed by atoms with van der Waals surface area (Å²) >= 11 is 6.05. The minimum absolute atomic E-state index is 0.00128. The summed E-state index contributed by atoms with van der Waals surface area (Å²) in [5, 5.41) is 3.12. The van der Waals surface area contributed by atoms with Crippen molar-refractivity contribution in [2.75, 3.05) is 36.9 Å². The van der Waals surface area contributed by atoms with Crippen LogP contribution >= 0.6 is 11.6 Å². The molecule has 0 radical (unpaired) electrons. The van der Waals surface area contributed by atoms with Crippen LogP contribution in [0.25, 0.3) is 0 Å². The molecule has 27 heavy (non-hydrogen) atoms. The lowest BCUT2D eigenvalue weighted by molar-refractivity contribution is -0.131. The summed E-state index contributed by atoms with van der Waals surface area (Å²) in [4.78, 5) is 23.5. The number of nitrogen functional groups attached to an aromatic ring is 1. The summed E-state index contributed by atoms with van der Waals surface area (Å²) in [7, 11) is 0. The molecule has 0 aliphatic carbocycles. The van der Waals surface area contributed by atoms with Gasteiger partial charge >= 0.3 is 0 Å². The van der Waals surface area contributed by atoms with Gasteiger partial charge in [-0.25, -0.2) is 9.37 Å². The predicted octanol–water partition coefficient (Wildman–Crippen LogP) is 1.62. The zero-order chi connectivity index (χ0) is 19.0. The van der Waals surface area contributed by atoms with Gasteiger partial charge in [0.2, 0.25) is 11.9 Å². The zero-order valence-corrected chi connectivity index (χ0v) is 15.2. The number of nitrogens with two attached hydrogens (primary N) is 1. The lowest BCUT2D eigenvalue weighted by Gasteiger charge is -2.26. The normalized spacial score (nSPS) is 24.1. The van der Waals surface area contributed by atoms with Crippen molar-refractivity contribution in [2.45, 2.75) is 6.54 Å². The quantitative estimate of drug-likeness (QED) is 0.822. The van der Waals surface area contributed by atoms with Gasteiger partial charge in [-0.15, -0.1) is 0 Å². The van der Waals surface area contributed by atoms with Crippen LogP contribution < -0.4 is 16.0 Å². The van der Waals surface area contributed by atoms with E-state index in [4.69, 9.17) is 22.1 Å². The van der Waals surface area contributed by atoms with Crippen LogP contribution in [0.5, 0.6) is 0 Å². The van der Waals surface area contributed by atoms with Gasteiger partial charge in [-0.05, 0) is 18.2 Å². The highest BCUT2D eigenvalue weighted by Crippen LogP contribution is 2.42. The van der Waals surface area contributed by atoms with Gasteiger partial charge in [0.1, 0.15) is 11.6 Å². The van der Waals surface area contributed by atoms with E-state index in [0.29, 0.717) is 38.1 Å². The second-order valence-electron chi connectivity index (χ2n) is 6.91. The molecular formula is C18H19ClFN5O2. The van der Waals surface area contributed by atoms with E-state index in [9.17, 15) is 9.18 Å². The smallest absolute Gasteiger partial charge is 0.231 e. The Balaban J connectivity index is 1.51. The standard InChI is InChI=1S/C18H19ClFN5O2/c19-13-2-1-3-14(20)12(13)6-23-16(26)18-9-25(7-11(18)8-27-10-18)17-22-5-4-15(21)24-17/h1-5,11H,6-10H2,(H,23,26)(H2,21,22,24)/t11-,18-/m0/s1. The van der Waals surface area contributed by atoms with E-state index in [0.717, 1.165) is 0 Å². The fraction of sp³-hybridized carbons (Fsp3) is 0.389. The molecule has 0 saturated carbocycles. The van der Waals surface area contributed by atoms with Crippen molar-refractivity contribution in [3.8, 4) is 0 Å². The molecule has 1 aromatic carbocycles. The van der Waals surface area contributed by atoms with Crippen molar-refractivity contribution in [3.63, 3.8) is 0 Å². The first-order valence-electron chi connectivity index (χ1n) is 8.62. The number of aromatic nitrogens is 2. The molecule has 0 unspecified atom stereocenters. The molecule has 7 nitrogen and oxygen atoms in total. The van der Waals surface area contributed by atoms with E-state index in [1.165, 1.54) is 12.1 Å². The van der Waals surface area contributed by atoms with Gasteiger partial charge in [0.15, 0.2) is 0 Å². The number of anilines is 2. The molecule has 2 aromatic rings. The number of rotatable bonds is 4. The predicted molar refractivity (Wildman–Crippen MR) is 98.7 cm³/mol. The Morgan fingerprint density at radius 3 is 3.11 bits per heavy atom. The maximum atomic E-state index is 14.0. The maximum absolute atomic E-state index is 14.0. The van der Waals surface area contributed by atoms with E-state index < -0.39 is 11.2 Å². The lowest BCUT2D eigenvalue weighted by Crippen LogP contribution is -2.46. The van der Waals surface area contributed by atoms with Gasteiger partial charge in [0, 0.05) is 42.3 Å². The van der Waals surface area contributed by atoms with Crippen molar-refractivity contribution < 1.29 is 13.9 Å². The number of nitrogens with one attached hydrogen (secondary N) is 1. The van der Waals surface area contributed by atoms with Crippen LogP contribution in [0.3, 0.4) is 0 Å². The second kappa shape index (κ2) is 6.94. The van der Waals surface area contributed by atoms with Gasteiger partial charge in [0.05, 0.1) is 18.6 Å². The highest BCUT2D eigenvalue weighted by molar-refractivity contribution is 6.31. The monoisotopic (exact) mass is 391 g/mol. The van der Waals surface area contributed by atoms with Gasteiger partial charge < -0.3 is 20.7 Å². The molecule has 3 N–H and O–H groups in total. The molecule has 0 spiro atoms. The number of hydrogen-bond acceptors (Lipinski definition) is 6. The molecule has 0 bridgehead atoms. The Hall–Kier alpha value is -2.45. The lowest BCUT2D eigenvalue weighted by atomic mass is 9.80. The number of fused-ring (bicyclic) bond motifs is 1. The van der Waals surface area contributed by atoms with Crippen LogP contribution in [0.1, 0.15) is 5.56 Å². The van der Waals surface area contributed by atoms with Crippen molar-refractivity contribution in [2.24, 2.45) is 11.3 Å². The minimum atomic E-state index is -0.730. The molecule has 2 aliphatic rings. The number of ether oxygens (including phenoxy) is 1. The summed E-state index contributed by atoms with van der Waals surface area (Å²) < 4.78 is 19.6. The van der Waals surface area contributed by atoms with Crippen LogP contribution in [-0.4, -0.2) is 42.2 Å². The van der Waals surface area contributed by atoms with Crippen molar-refractivity contribution in [1.29, 1.82) is 0 Å². The number of carbonyl (C=O) groups excluding carboxylic acids is 1. The first kappa shape index (κ1) is 17.9. The van der Waals surface area contributed by atoms with Gasteiger partial charge in [-0.3, -0.25) is 4.79 Å². The third kappa shape index (κ3) is 3.19. The highest BCUT2D eigenvalue weighted by atomic mass is 35.5. The van der Waals surface area contributed by atoms with Gasteiger partial charge in [0.25, 0.3) is 0 Å². The van der Waals surface area contributed by atoms with Gasteiger partial charge in [-0.1, -0.05) is 17.7 Å². The highest BCUT2D eigenvalue weighted by Gasteiger charge is 2.56. The summed E-state index contributed by atoms with van der Waals surface area (Å²) in [6.07, 6.45) is 1.59. The first-order valence-corrected chi connectivity index (χ1v) is 9.00. The number of benzene rings is 1. The number of halogens is 2. The first-order chi connectivity index (χ1) is 13.0. The third-order valence-corrected chi connectivity index (χ3v) is 5.61. The fourth-order valence-corrected chi connectivity index (χ4v) is 4.00. The molecule has 2 fully saturated rings. The molecule has 1 aromatic heterocycles. The Bertz CT molecular complexity index is 862. The van der Waals surface area contributed by atoms with Crippen LogP contribution in [0.15, 0.2) is 30.5 Å². The minimum Gasteiger partial charge on any atom is -0.384 e. The average molecular weight is 392 g/mol. The van der Waals surface area contributed by atoms with E-state index in [1.54, 1.807) is 18.3 Å². The second-order valence-corrected chi connectivity index (χ2v) is 7.32. The Morgan fingerprint density at radius 1 is 1.48 bits per heavy atom. The van der Waals surface area contributed by atoms with Crippen molar-refractivity contribution >= 4 is 29.3 Å². The molecule has 1 amide bonds. The Kier molecular flexibility index (Phi) is 4.61. The average Bonchev–Trinajstić information content (AvgIpc) is 3.19. The molecule has 3 heterocycles. The number of amides is 1. The Morgan fingerprint density at radius 2 is 2.33 bits per heavy atom. The third-order valence-electron chi connectivity index (χ3n) is 5.26. The molecular weight excluding hydrogens is 373 g/mol. The largest absolute Gasteiger partial charge is 0.384 e. The molecule has 2 aliphatic heterocycles. The molecule has 2 saturated heterocycles. The molecule has 9 heteroatoms. The molecule has 142 valence electrons. The maximum Gasteiger partial charge on any atom is 0.231 e. The van der Waals surface area contributed by atoms with Crippen LogP contribution in [0.2, 0.25) is 5.02 Å². The summed E-state index contributed by atoms with van der Waals surface area (Å²) in [5.74, 6) is 0.241. The summed E-state index contributed by atoms with van der Waals surface area (Å²) in [6.45, 7) is 1.81. The van der Waals surface area contributed by atoms with E-state index in [2.05, 4.69) is 15.3 Å². The summed E-state index contributed by atoms with van der Waals surface area (Å²) in [6, 6.07) is 6.06. The zero-order valence-electron chi connectivity index (χ0n) is 14.5. The number of nitrogens with zero attached hydrogens (tertiary/aromatic N) is 3. The number of hydrogen-bond donors (Lipinski definition) is 2. The molecule has 2 atom stereocenters. The fourth-order valence-electron chi connectivity index (χ4n) is 3.77. The van der Waals surface area contributed by atoms with Gasteiger partial charge in [-0.2, -0.15) is 4.98 Å². The van der Waals surface area contributed by atoms with Crippen LogP contribution in [-0.2, 0) is 16.1 Å². The van der Waals surface area contributed by atoms with Crippen LogP contribution in [0, 0.1) is 17.2 Å². The SMILES string of the molecule is Nc1ccnc(N2C[C@H]3COC[C@@]3(C(=O)NCc3c(F)cccc3Cl)C2)n1. The van der Waals surface area contributed by atoms with Crippen molar-refractivity contribution in [1.82, 2.24) is 15.3 Å². The molecule has 4 rings (SSSR count). The van der Waals surface area contributed by atoms with E-state index in [-0.39, 0.29) is 29.0 Å². The Labute approximate surface area is 160 Å². The number of carbonyl (C=O) groups is 1. The van der Waals surface area contributed by atoms with E-state index in [1.807, 2.05) is 4.90 Å². The van der Waals surface area contributed by atoms with Crippen molar-refractivity contribution in [3.05, 3.63) is 46.9 Å². The van der Waals surface area contributed by atoms with E-state index >= 15 is 0 Å². The van der Waals surface area contributed by atoms with Crippen LogP contribution in [0.4, 0.5) is 16.2 Å². The summed E-state index contributed by atoms with van der Waals surface area (Å²) in [5.41, 5.74) is 5.29.